The summed E-state index contributed by atoms with van der Waals surface area (Å²) < 4.78 is 3.08. The highest BCUT2D eigenvalue weighted by atomic mass is 79.9. The molecule has 1 aromatic heterocycles. The first kappa shape index (κ1) is 17.0. The maximum atomic E-state index is 11.3. The molecule has 23 heavy (non-hydrogen) atoms. The highest BCUT2D eigenvalue weighted by molar-refractivity contribution is 9.10. The number of hydrazone groups is 1. The van der Waals surface area contributed by atoms with E-state index in [-0.39, 0.29) is 6.42 Å². The van der Waals surface area contributed by atoms with Crippen molar-refractivity contribution in [3.8, 4) is 11.8 Å². The second-order valence-electron chi connectivity index (χ2n) is 5.15. The standard InChI is InChI=1S/C17H17BrN4O/c1-11-6-4-5-7-15(11)22-12(2)14(17(18)13(22)3)10-20-21-16(23)8-9-19/h4-7,10H,8H2,1-3H3,(H,21,23)/b20-10-. The van der Waals surface area contributed by atoms with E-state index in [1.165, 1.54) is 5.56 Å². The Bertz CT molecular complexity index is 815. The van der Waals surface area contributed by atoms with Crippen molar-refractivity contribution >= 4 is 28.1 Å². The van der Waals surface area contributed by atoms with Crippen molar-refractivity contribution in [2.45, 2.75) is 27.2 Å². The number of carbonyl (C=O) groups excluding carboxylic acids is 1. The zero-order valence-corrected chi connectivity index (χ0v) is 14.8. The van der Waals surface area contributed by atoms with Crippen molar-refractivity contribution in [2.75, 3.05) is 0 Å². The van der Waals surface area contributed by atoms with Gasteiger partial charge in [-0.1, -0.05) is 18.2 Å². The van der Waals surface area contributed by atoms with Crippen LogP contribution in [0.5, 0.6) is 0 Å². The van der Waals surface area contributed by atoms with Gasteiger partial charge in [0, 0.05) is 27.1 Å². The van der Waals surface area contributed by atoms with Gasteiger partial charge in [-0.25, -0.2) is 5.43 Å². The second-order valence-corrected chi connectivity index (χ2v) is 5.94. The molecular formula is C17H17BrN4O. The molecule has 0 bridgehead atoms. The molecule has 0 aliphatic carbocycles. The quantitative estimate of drug-likeness (QED) is 0.658. The van der Waals surface area contributed by atoms with Gasteiger partial charge in [-0.05, 0) is 48.3 Å². The van der Waals surface area contributed by atoms with Crippen LogP contribution in [0.3, 0.4) is 0 Å². The van der Waals surface area contributed by atoms with Gasteiger partial charge in [0.05, 0.1) is 12.3 Å². The number of nitriles is 1. The number of hydrogen-bond donors (Lipinski definition) is 1. The van der Waals surface area contributed by atoms with Crippen LogP contribution in [-0.4, -0.2) is 16.7 Å². The summed E-state index contributed by atoms with van der Waals surface area (Å²) in [5, 5.41) is 12.4. The van der Waals surface area contributed by atoms with Crippen LogP contribution in [-0.2, 0) is 4.79 Å². The average molecular weight is 373 g/mol. The molecule has 2 aromatic rings. The summed E-state index contributed by atoms with van der Waals surface area (Å²) in [6, 6.07) is 9.93. The Morgan fingerprint density at radius 1 is 1.35 bits per heavy atom. The van der Waals surface area contributed by atoms with E-state index in [1.807, 2.05) is 26.0 Å². The Labute approximate surface area is 143 Å². The van der Waals surface area contributed by atoms with Crippen LogP contribution in [0, 0.1) is 32.1 Å². The van der Waals surface area contributed by atoms with Crippen LogP contribution in [0.15, 0.2) is 33.8 Å². The molecule has 0 aliphatic heterocycles. The van der Waals surface area contributed by atoms with E-state index in [2.05, 4.69) is 50.1 Å². The number of para-hydroxylation sites is 1. The molecule has 0 unspecified atom stereocenters. The normalized spacial score (nSPS) is 10.7. The van der Waals surface area contributed by atoms with Gasteiger partial charge < -0.3 is 4.57 Å². The predicted octanol–water partition coefficient (Wildman–Crippen LogP) is 3.53. The number of hydrogen-bond acceptors (Lipinski definition) is 3. The average Bonchev–Trinajstić information content (AvgIpc) is 2.72. The third-order valence-corrected chi connectivity index (χ3v) is 4.59. The summed E-state index contributed by atoms with van der Waals surface area (Å²) in [5.41, 5.74) is 7.59. The molecule has 1 aromatic carbocycles. The van der Waals surface area contributed by atoms with Crippen LogP contribution in [0.2, 0.25) is 0 Å². The fourth-order valence-corrected chi connectivity index (χ4v) is 3.00. The SMILES string of the molecule is Cc1ccccc1-n1c(C)c(Br)c(/C=N\NC(=O)CC#N)c1C. The van der Waals surface area contributed by atoms with E-state index < -0.39 is 5.91 Å². The molecule has 118 valence electrons. The summed E-state index contributed by atoms with van der Waals surface area (Å²) in [6.07, 6.45) is 1.39. The van der Waals surface area contributed by atoms with Gasteiger partial charge >= 0.3 is 0 Å². The molecule has 0 saturated heterocycles. The lowest BCUT2D eigenvalue weighted by atomic mass is 10.2. The third-order valence-electron chi connectivity index (χ3n) is 3.59. The minimum atomic E-state index is -0.424. The molecule has 0 atom stereocenters. The first-order valence-corrected chi connectivity index (χ1v) is 7.89. The van der Waals surface area contributed by atoms with Crippen molar-refractivity contribution in [3.63, 3.8) is 0 Å². The van der Waals surface area contributed by atoms with E-state index in [0.29, 0.717) is 0 Å². The number of carbonyl (C=O) groups is 1. The zero-order valence-electron chi connectivity index (χ0n) is 13.2. The van der Waals surface area contributed by atoms with Gasteiger partial charge in [0.1, 0.15) is 6.42 Å². The summed E-state index contributed by atoms with van der Waals surface area (Å²) in [4.78, 5) is 11.3. The van der Waals surface area contributed by atoms with Crippen LogP contribution < -0.4 is 5.43 Å². The summed E-state index contributed by atoms with van der Waals surface area (Å²) in [5.74, 6) is -0.424. The Hall–Kier alpha value is -2.39. The molecule has 0 spiro atoms. The lowest BCUT2D eigenvalue weighted by molar-refractivity contribution is -0.120. The maximum absolute atomic E-state index is 11.3. The Balaban J connectivity index is 2.39. The Morgan fingerprint density at radius 2 is 2.04 bits per heavy atom. The molecule has 2 rings (SSSR count). The largest absolute Gasteiger partial charge is 0.316 e. The summed E-state index contributed by atoms with van der Waals surface area (Å²) in [7, 11) is 0. The lowest BCUT2D eigenvalue weighted by Crippen LogP contribution is -2.16. The smallest absolute Gasteiger partial charge is 0.254 e. The molecule has 5 nitrogen and oxygen atoms in total. The van der Waals surface area contributed by atoms with E-state index in [0.717, 1.165) is 27.1 Å². The number of halogens is 1. The fraction of sp³-hybridized carbons (Fsp3) is 0.235. The van der Waals surface area contributed by atoms with Crippen LogP contribution >= 0.6 is 15.9 Å². The van der Waals surface area contributed by atoms with Gasteiger partial charge in [-0.15, -0.1) is 0 Å². The Kier molecular flexibility index (Phi) is 5.35. The predicted molar refractivity (Wildman–Crippen MR) is 93.6 cm³/mol. The monoisotopic (exact) mass is 372 g/mol. The third kappa shape index (κ3) is 3.51. The van der Waals surface area contributed by atoms with Crippen molar-refractivity contribution in [3.05, 3.63) is 51.3 Å². The topological polar surface area (TPSA) is 70.2 Å². The molecule has 1 N–H and O–H groups in total. The zero-order chi connectivity index (χ0) is 17.0. The first-order chi connectivity index (χ1) is 11.0. The van der Waals surface area contributed by atoms with E-state index in [9.17, 15) is 4.79 Å². The van der Waals surface area contributed by atoms with Crippen molar-refractivity contribution in [1.82, 2.24) is 9.99 Å². The molecular weight excluding hydrogens is 356 g/mol. The number of aromatic nitrogens is 1. The molecule has 0 radical (unpaired) electrons. The number of aryl methyl sites for hydroxylation is 1. The van der Waals surface area contributed by atoms with E-state index >= 15 is 0 Å². The Morgan fingerprint density at radius 3 is 2.70 bits per heavy atom. The molecule has 1 amide bonds. The van der Waals surface area contributed by atoms with Crippen molar-refractivity contribution in [1.29, 1.82) is 5.26 Å². The maximum Gasteiger partial charge on any atom is 0.254 e. The van der Waals surface area contributed by atoms with E-state index in [1.54, 1.807) is 12.3 Å². The molecule has 6 heteroatoms. The minimum Gasteiger partial charge on any atom is -0.316 e. The molecule has 0 aliphatic rings. The van der Waals surface area contributed by atoms with Crippen molar-refractivity contribution in [2.24, 2.45) is 5.10 Å². The van der Waals surface area contributed by atoms with Crippen molar-refractivity contribution < 1.29 is 4.79 Å². The number of nitrogens with one attached hydrogen (secondary N) is 1. The van der Waals surface area contributed by atoms with Gasteiger partial charge in [0.2, 0.25) is 0 Å². The number of nitrogens with zero attached hydrogens (tertiary/aromatic N) is 3. The molecule has 0 fully saturated rings. The molecule has 1 heterocycles. The second kappa shape index (κ2) is 7.25. The highest BCUT2D eigenvalue weighted by Gasteiger charge is 2.16. The van der Waals surface area contributed by atoms with Crippen LogP contribution in [0.25, 0.3) is 5.69 Å². The molecule has 0 saturated carbocycles. The van der Waals surface area contributed by atoms with Gasteiger partial charge in [0.25, 0.3) is 5.91 Å². The lowest BCUT2D eigenvalue weighted by Gasteiger charge is -2.12. The number of amides is 1. The van der Waals surface area contributed by atoms with Gasteiger partial charge in [0.15, 0.2) is 0 Å². The number of rotatable bonds is 4. The highest BCUT2D eigenvalue weighted by Crippen LogP contribution is 2.30. The first-order valence-electron chi connectivity index (χ1n) is 7.09. The van der Waals surface area contributed by atoms with Gasteiger partial charge in [-0.2, -0.15) is 10.4 Å². The summed E-state index contributed by atoms with van der Waals surface area (Å²) >= 11 is 3.59. The number of benzene rings is 1. The van der Waals surface area contributed by atoms with E-state index in [4.69, 9.17) is 5.26 Å². The minimum absolute atomic E-state index is 0.208. The van der Waals surface area contributed by atoms with Crippen LogP contribution in [0.4, 0.5) is 0 Å². The van der Waals surface area contributed by atoms with Gasteiger partial charge in [-0.3, -0.25) is 4.79 Å². The summed E-state index contributed by atoms with van der Waals surface area (Å²) in [6.45, 7) is 6.09. The van der Waals surface area contributed by atoms with Crippen LogP contribution in [0.1, 0.15) is 28.9 Å². The fourth-order valence-electron chi connectivity index (χ4n) is 2.43.